The lowest BCUT2D eigenvalue weighted by Gasteiger charge is -2.24. The standard InChI is InChI=1S/C12H14BrFN2O3/c1-3-12(2,10(17)18)16-11(19)15-7-4-5-8(13)9(14)6-7/h4-6H,3H2,1-2H3,(H,17,18)(H2,15,16,19). The van der Waals surface area contributed by atoms with Crippen molar-refractivity contribution in [3.63, 3.8) is 0 Å². The van der Waals surface area contributed by atoms with Crippen molar-refractivity contribution in [3.8, 4) is 0 Å². The number of carboxylic acids is 1. The van der Waals surface area contributed by atoms with Crippen LogP contribution in [-0.4, -0.2) is 22.6 Å². The minimum atomic E-state index is -1.36. The van der Waals surface area contributed by atoms with Crippen molar-refractivity contribution < 1.29 is 19.1 Å². The Morgan fingerprint density at radius 3 is 2.58 bits per heavy atom. The third-order valence-electron chi connectivity index (χ3n) is 2.75. The molecular weight excluding hydrogens is 319 g/mol. The molecule has 0 heterocycles. The zero-order valence-electron chi connectivity index (χ0n) is 10.5. The summed E-state index contributed by atoms with van der Waals surface area (Å²) in [4.78, 5) is 22.7. The first-order chi connectivity index (χ1) is 8.78. The maximum atomic E-state index is 13.2. The quantitative estimate of drug-likeness (QED) is 0.793. The first-order valence-electron chi connectivity index (χ1n) is 5.56. The number of benzene rings is 1. The predicted octanol–water partition coefficient (Wildman–Crippen LogP) is 2.96. The number of anilines is 1. The van der Waals surface area contributed by atoms with Gasteiger partial charge in [-0.05, 0) is 47.5 Å². The second-order valence-corrected chi connectivity index (χ2v) is 5.05. The number of amides is 2. The Morgan fingerprint density at radius 2 is 2.11 bits per heavy atom. The van der Waals surface area contributed by atoms with E-state index in [9.17, 15) is 14.0 Å². The number of rotatable bonds is 4. The van der Waals surface area contributed by atoms with Crippen molar-refractivity contribution in [2.24, 2.45) is 0 Å². The first-order valence-corrected chi connectivity index (χ1v) is 6.35. The average molecular weight is 333 g/mol. The lowest BCUT2D eigenvalue weighted by molar-refractivity contribution is -0.143. The van der Waals surface area contributed by atoms with Gasteiger partial charge in [-0.15, -0.1) is 0 Å². The molecule has 1 rings (SSSR count). The summed E-state index contributed by atoms with van der Waals surface area (Å²) in [6.07, 6.45) is 0.227. The van der Waals surface area contributed by atoms with Gasteiger partial charge in [0.1, 0.15) is 11.4 Å². The van der Waals surface area contributed by atoms with Crippen molar-refractivity contribution in [2.75, 3.05) is 5.32 Å². The molecule has 0 fully saturated rings. The van der Waals surface area contributed by atoms with Crippen LogP contribution in [0.25, 0.3) is 0 Å². The lowest BCUT2D eigenvalue weighted by Crippen LogP contribution is -2.53. The van der Waals surface area contributed by atoms with Gasteiger partial charge in [-0.3, -0.25) is 0 Å². The fourth-order valence-corrected chi connectivity index (χ4v) is 1.53. The third kappa shape index (κ3) is 3.92. The molecule has 0 saturated heterocycles. The number of hydrogen-bond acceptors (Lipinski definition) is 2. The number of carbonyl (C=O) groups is 2. The number of nitrogens with one attached hydrogen (secondary N) is 2. The summed E-state index contributed by atoms with van der Waals surface area (Å²) in [7, 11) is 0. The summed E-state index contributed by atoms with van der Waals surface area (Å²) < 4.78 is 13.5. The van der Waals surface area contributed by atoms with Crippen molar-refractivity contribution >= 4 is 33.6 Å². The molecule has 0 saturated carbocycles. The van der Waals surface area contributed by atoms with Gasteiger partial charge in [-0.25, -0.2) is 14.0 Å². The van der Waals surface area contributed by atoms with E-state index < -0.39 is 23.4 Å². The Balaban J connectivity index is 2.75. The SMILES string of the molecule is CCC(C)(NC(=O)Nc1ccc(Br)c(F)c1)C(=O)O. The van der Waals surface area contributed by atoms with E-state index in [2.05, 4.69) is 26.6 Å². The van der Waals surface area contributed by atoms with E-state index in [4.69, 9.17) is 5.11 Å². The lowest BCUT2D eigenvalue weighted by atomic mass is 10.00. The second kappa shape index (κ2) is 6.01. The molecule has 0 radical (unpaired) electrons. The first kappa shape index (κ1) is 15.4. The number of aliphatic carboxylic acids is 1. The molecule has 5 nitrogen and oxygen atoms in total. The molecule has 0 aliphatic heterocycles. The minimum absolute atomic E-state index is 0.227. The van der Waals surface area contributed by atoms with Gasteiger partial charge in [0.25, 0.3) is 0 Å². The zero-order chi connectivity index (χ0) is 14.6. The van der Waals surface area contributed by atoms with Crippen molar-refractivity contribution in [1.29, 1.82) is 0 Å². The number of halogens is 2. The van der Waals surface area contributed by atoms with Gasteiger partial charge in [0.15, 0.2) is 0 Å². The number of carbonyl (C=O) groups excluding carboxylic acids is 1. The average Bonchev–Trinajstić information content (AvgIpc) is 2.33. The van der Waals surface area contributed by atoms with Crippen LogP contribution in [0.1, 0.15) is 20.3 Å². The molecular formula is C12H14BrFN2O3. The monoisotopic (exact) mass is 332 g/mol. The smallest absolute Gasteiger partial charge is 0.329 e. The fraction of sp³-hybridized carbons (Fsp3) is 0.333. The molecule has 19 heavy (non-hydrogen) atoms. The second-order valence-electron chi connectivity index (χ2n) is 4.20. The summed E-state index contributed by atoms with van der Waals surface area (Å²) in [5.74, 6) is -1.65. The summed E-state index contributed by atoms with van der Waals surface area (Å²) in [6.45, 7) is 3.05. The largest absolute Gasteiger partial charge is 0.480 e. The Labute approximate surface area is 118 Å². The van der Waals surface area contributed by atoms with Gasteiger partial charge in [-0.2, -0.15) is 0 Å². The molecule has 0 aromatic heterocycles. The Morgan fingerprint density at radius 1 is 1.47 bits per heavy atom. The number of carboxylic acid groups (broad SMARTS) is 1. The van der Waals surface area contributed by atoms with E-state index >= 15 is 0 Å². The van der Waals surface area contributed by atoms with Crippen molar-refractivity contribution in [2.45, 2.75) is 25.8 Å². The highest BCUT2D eigenvalue weighted by Crippen LogP contribution is 2.19. The summed E-state index contributed by atoms with van der Waals surface area (Å²) in [5, 5.41) is 13.7. The molecule has 1 atom stereocenters. The molecule has 1 aromatic carbocycles. The zero-order valence-corrected chi connectivity index (χ0v) is 12.0. The molecule has 3 N–H and O–H groups in total. The third-order valence-corrected chi connectivity index (χ3v) is 3.39. The van der Waals surface area contributed by atoms with Gasteiger partial charge in [0, 0.05) is 5.69 Å². The van der Waals surface area contributed by atoms with Crippen LogP contribution in [0, 0.1) is 5.82 Å². The van der Waals surface area contributed by atoms with Gasteiger partial charge in [0.2, 0.25) is 0 Å². The van der Waals surface area contributed by atoms with Gasteiger partial charge in [-0.1, -0.05) is 6.92 Å². The summed E-state index contributed by atoms with van der Waals surface area (Å²) in [6, 6.07) is 3.37. The topological polar surface area (TPSA) is 78.4 Å². The van der Waals surface area contributed by atoms with Crippen molar-refractivity contribution in [3.05, 3.63) is 28.5 Å². The molecule has 2 amide bonds. The molecule has 0 aliphatic rings. The molecule has 1 unspecified atom stereocenters. The van der Waals surface area contributed by atoms with E-state index in [1.54, 1.807) is 6.92 Å². The van der Waals surface area contributed by atoms with Crippen LogP contribution in [0.2, 0.25) is 0 Å². The maximum Gasteiger partial charge on any atom is 0.329 e. The highest BCUT2D eigenvalue weighted by Gasteiger charge is 2.32. The van der Waals surface area contributed by atoms with E-state index in [1.165, 1.54) is 19.1 Å². The minimum Gasteiger partial charge on any atom is -0.480 e. The Kier molecular flexibility index (Phi) is 4.88. The number of urea groups is 1. The van der Waals surface area contributed by atoms with Gasteiger partial charge >= 0.3 is 12.0 Å². The van der Waals surface area contributed by atoms with E-state index in [0.29, 0.717) is 0 Å². The van der Waals surface area contributed by atoms with Crippen LogP contribution < -0.4 is 10.6 Å². The van der Waals surface area contributed by atoms with Crippen LogP contribution in [0.5, 0.6) is 0 Å². The highest BCUT2D eigenvalue weighted by atomic mass is 79.9. The Bertz CT molecular complexity index is 510. The molecule has 104 valence electrons. The van der Waals surface area contributed by atoms with Crippen LogP contribution in [0.3, 0.4) is 0 Å². The predicted molar refractivity (Wildman–Crippen MR) is 72.6 cm³/mol. The van der Waals surface area contributed by atoms with Gasteiger partial charge < -0.3 is 15.7 Å². The highest BCUT2D eigenvalue weighted by molar-refractivity contribution is 9.10. The summed E-state index contributed by atoms with van der Waals surface area (Å²) in [5.41, 5.74) is -1.13. The van der Waals surface area contributed by atoms with Crippen LogP contribution in [0.4, 0.5) is 14.9 Å². The Hall–Kier alpha value is -1.63. The normalized spacial score (nSPS) is 13.5. The van der Waals surface area contributed by atoms with Gasteiger partial charge in [0.05, 0.1) is 4.47 Å². The molecule has 0 aliphatic carbocycles. The van der Waals surface area contributed by atoms with E-state index in [1.807, 2.05) is 0 Å². The summed E-state index contributed by atoms with van der Waals surface area (Å²) >= 11 is 2.99. The van der Waals surface area contributed by atoms with Crippen LogP contribution >= 0.6 is 15.9 Å². The van der Waals surface area contributed by atoms with Crippen LogP contribution in [-0.2, 0) is 4.79 Å². The molecule has 0 spiro atoms. The van der Waals surface area contributed by atoms with Crippen molar-refractivity contribution in [1.82, 2.24) is 5.32 Å². The molecule has 1 aromatic rings. The number of hydrogen-bond donors (Lipinski definition) is 3. The molecule has 7 heteroatoms. The fourth-order valence-electron chi connectivity index (χ4n) is 1.28. The van der Waals surface area contributed by atoms with E-state index in [0.717, 1.165) is 6.07 Å². The van der Waals surface area contributed by atoms with E-state index in [-0.39, 0.29) is 16.6 Å². The van der Waals surface area contributed by atoms with Crippen LogP contribution in [0.15, 0.2) is 22.7 Å². The maximum absolute atomic E-state index is 13.2. The molecule has 0 bridgehead atoms.